The van der Waals surface area contributed by atoms with Crippen LogP contribution >= 0.6 is 0 Å². The van der Waals surface area contributed by atoms with E-state index in [1.54, 1.807) is 0 Å². The Bertz CT molecular complexity index is 743. The van der Waals surface area contributed by atoms with Crippen LogP contribution in [0.3, 0.4) is 0 Å². The van der Waals surface area contributed by atoms with Crippen LogP contribution in [-0.4, -0.2) is 16.0 Å². The van der Waals surface area contributed by atoms with Gasteiger partial charge >= 0.3 is 0 Å². The van der Waals surface area contributed by atoms with Crippen LogP contribution in [0.1, 0.15) is 19.4 Å². The molecule has 0 radical (unpaired) electrons. The van der Waals surface area contributed by atoms with Gasteiger partial charge in [0.05, 0.1) is 16.0 Å². The van der Waals surface area contributed by atoms with E-state index >= 15 is 0 Å². The highest BCUT2D eigenvalue weighted by atomic mass is 16.6. The molecule has 0 aliphatic carbocycles. The Morgan fingerprint density at radius 2 is 1.54 bits per heavy atom. The Balaban J connectivity index is 2.18. The number of non-ortho nitro benzene ring substituents is 2. The maximum absolute atomic E-state index is 10.9. The number of nitro groups is 2. The Kier molecular flexibility index (Phi) is 5.31. The minimum absolute atomic E-state index is 0.0403. The fourth-order valence-corrected chi connectivity index (χ4v) is 1.99. The standard InChI is InChI=1S/C16H16N2O6/c1-11(2)24-16-8-5-14(18(21)22)9-12(16)10-23-15-6-3-13(4-7-15)17(19)20/h3-9,11H,10H2,1-2H3. The van der Waals surface area contributed by atoms with Crippen molar-refractivity contribution in [2.75, 3.05) is 0 Å². The van der Waals surface area contributed by atoms with E-state index in [1.165, 1.54) is 42.5 Å². The summed E-state index contributed by atoms with van der Waals surface area (Å²) in [6.07, 6.45) is -0.0930. The van der Waals surface area contributed by atoms with Crippen molar-refractivity contribution in [3.05, 3.63) is 68.3 Å². The SMILES string of the molecule is CC(C)Oc1ccc([N+](=O)[O-])cc1COc1ccc([N+](=O)[O-])cc1. The molecule has 0 atom stereocenters. The molecule has 0 fully saturated rings. The molecule has 8 nitrogen and oxygen atoms in total. The average Bonchev–Trinajstić information content (AvgIpc) is 2.53. The number of hydrogen-bond acceptors (Lipinski definition) is 6. The van der Waals surface area contributed by atoms with Gasteiger partial charge in [0, 0.05) is 29.8 Å². The van der Waals surface area contributed by atoms with Crippen LogP contribution in [0.4, 0.5) is 11.4 Å². The molecular formula is C16H16N2O6. The highest BCUT2D eigenvalue weighted by molar-refractivity contribution is 5.44. The fraction of sp³-hybridized carbons (Fsp3) is 0.250. The summed E-state index contributed by atoms with van der Waals surface area (Å²) in [6, 6.07) is 9.89. The Hall–Kier alpha value is -3.16. The zero-order valence-electron chi connectivity index (χ0n) is 13.2. The lowest BCUT2D eigenvalue weighted by atomic mass is 10.2. The number of nitro benzene ring substituents is 2. The lowest BCUT2D eigenvalue weighted by molar-refractivity contribution is -0.385. The van der Waals surface area contributed by atoms with Crippen LogP contribution in [0, 0.1) is 20.2 Å². The number of benzene rings is 2. The second-order valence-corrected chi connectivity index (χ2v) is 5.26. The van der Waals surface area contributed by atoms with Gasteiger partial charge in [-0.05, 0) is 32.0 Å². The zero-order valence-corrected chi connectivity index (χ0v) is 13.2. The molecule has 0 aromatic heterocycles. The smallest absolute Gasteiger partial charge is 0.270 e. The normalized spacial score (nSPS) is 10.5. The van der Waals surface area contributed by atoms with Crippen molar-refractivity contribution in [3.63, 3.8) is 0 Å². The minimum Gasteiger partial charge on any atom is -0.491 e. The second kappa shape index (κ2) is 7.40. The molecule has 24 heavy (non-hydrogen) atoms. The Morgan fingerprint density at radius 3 is 2.08 bits per heavy atom. The summed E-state index contributed by atoms with van der Waals surface area (Å²) >= 11 is 0. The summed E-state index contributed by atoms with van der Waals surface area (Å²) < 4.78 is 11.2. The third-order valence-corrected chi connectivity index (χ3v) is 3.06. The van der Waals surface area contributed by atoms with Gasteiger partial charge in [0.1, 0.15) is 18.1 Å². The van der Waals surface area contributed by atoms with E-state index in [2.05, 4.69) is 0 Å². The molecule has 0 bridgehead atoms. The van der Waals surface area contributed by atoms with Crippen LogP contribution in [-0.2, 0) is 6.61 Å². The Morgan fingerprint density at radius 1 is 0.958 bits per heavy atom. The first-order valence-electron chi connectivity index (χ1n) is 7.18. The third kappa shape index (κ3) is 4.42. The number of rotatable bonds is 7. The van der Waals surface area contributed by atoms with Gasteiger partial charge in [-0.3, -0.25) is 20.2 Å². The summed E-state index contributed by atoms with van der Waals surface area (Å²) in [5.74, 6) is 0.917. The second-order valence-electron chi connectivity index (χ2n) is 5.26. The molecule has 0 saturated carbocycles. The molecule has 0 heterocycles. The minimum atomic E-state index is -0.501. The number of hydrogen-bond donors (Lipinski definition) is 0. The van der Waals surface area contributed by atoms with Gasteiger partial charge < -0.3 is 9.47 Å². The molecule has 0 aliphatic heterocycles. The van der Waals surface area contributed by atoms with Crippen LogP contribution in [0.25, 0.3) is 0 Å². The van der Waals surface area contributed by atoms with Gasteiger partial charge in [-0.2, -0.15) is 0 Å². The summed E-state index contributed by atoms with van der Waals surface area (Å²) in [4.78, 5) is 20.6. The summed E-state index contributed by atoms with van der Waals surface area (Å²) in [7, 11) is 0. The van der Waals surface area contributed by atoms with E-state index in [9.17, 15) is 20.2 Å². The average molecular weight is 332 g/mol. The molecule has 8 heteroatoms. The van der Waals surface area contributed by atoms with Crippen molar-refractivity contribution in [2.24, 2.45) is 0 Å². The van der Waals surface area contributed by atoms with E-state index in [0.29, 0.717) is 17.1 Å². The molecule has 2 aromatic carbocycles. The summed E-state index contributed by atoms with van der Waals surface area (Å²) in [6.45, 7) is 3.74. The summed E-state index contributed by atoms with van der Waals surface area (Å²) in [5.41, 5.74) is 0.422. The molecule has 0 amide bonds. The van der Waals surface area contributed by atoms with Crippen LogP contribution < -0.4 is 9.47 Å². The quantitative estimate of drug-likeness (QED) is 0.563. The van der Waals surface area contributed by atoms with Crippen molar-refractivity contribution < 1.29 is 19.3 Å². The lowest BCUT2D eigenvalue weighted by Gasteiger charge is -2.14. The van der Waals surface area contributed by atoms with E-state index in [-0.39, 0.29) is 24.1 Å². The van der Waals surface area contributed by atoms with Crippen molar-refractivity contribution in [3.8, 4) is 11.5 Å². The largest absolute Gasteiger partial charge is 0.491 e. The first-order chi connectivity index (χ1) is 11.4. The van der Waals surface area contributed by atoms with Gasteiger partial charge in [-0.25, -0.2) is 0 Å². The van der Waals surface area contributed by atoms with Crippen molar-refractivity contribution in [1.29, 1.82) is 0 Å². The monoisotopic (exact) mass is 332 g/mol. The predicted octanol–water partition coefficient (Wildman–Crippen LogP) is 3.87. The molecule has 2 aromatic rings. The first-order valence-corrected chi connectivity index (χ1v) is 7.18. The zero-order chi connectivity index (χ0) is 17.7. The van der Waals surface area contributed by atoms with Crippen LogP contribution in [0.15, 0.2) is 42.5 Å². The van der Waals surface area contributed by atoms with Gasteiger partial charge in [0.15, 0.2) is 0 Å². The highest BCUT2D eigenvalue weighted by Gasteiger charge is 2.14. The molecule has 0 spiro atoms. The van der Waals surface area contributed by atoms with E-state index in [1.807, 2.05) is 13.8 Å². The van der Waals surface area contributed by atoms with Gasteiger partial charge in [0.2, 0.25) is 0 Å². The van der Waals surface area contributed by atoms with E-state index in [0.717, 1.165) is 0 Å². The van der Waals surface area contributed by atoms with Crippen molar-refractivity contribution in [1.82, 2.24) is 0 Å². The van der Waals surface area contributed by atoms with Gasteiger partial charge in [-0.1, -0.05) is 0 Å². The molecule has 0 saturated heterocycles. The topological polar surface area (TPSA) is 105 Å². The number of ether oxygens (including phenoxy) is 2. The van der Waals surface area contributed by atoms with E-state index in [4.69, 9.17) is 9.47 Å². The first kappa shape index (κ1) is 17.2. The molecule has 126 valence electrons. The maximum Gasteiger partial charge on any atom is 0.270 e. The van der Waals surface area contributed by atoms with Crippen molar-refractivity contribution in [2.45, 2.75) is 26.6 Å². The number of nitrogens with zero attached hydrogens (tertiary/aromatic N) is 2. The maximum atomic E-state index is 10.9. The molecule has 0 N–H and O–H groups in total. The third-order valence-electron chi connectivity index (χ3n) is 3.06. The van der Waals surface area contributed by atoms with E-state index < -0.39 is 9.85 Å². The predicted molar refractivity (Wildman–Crippen MR) is 86.3 cm³/mol. The molecule has 2 rings (SSSR count). The molecule has 0 aliphatic rings. The van der Waals surface area contributed by atoms with Gasteiger partial charge in [-0.15, -0.1) is 0 Å². The van der Waals surface area contributed by atoms with Crippen LogP contribution in [0.2, 0.25) is 0 Å². The van der Waals surface area contributed by atoms with Crippen molar-refractivity contribution >= 4 is 11.4 Å². The Labute approximate surface area is 137 Å². The summed E-state index contributed by atoms with van der Waals surface area (Å²) in [5, 5.41) is 21.5. The van der Waals surface area contributed by atoms with Crippen LogP contribution in [0.5, 0.6) is 11.5 Å². The lowest BCUT2D eigenvalue weighted by Crippen LogP contribution is -2.09. The molecular weight excluding hydrogens is 316 g/mol. The fourth-order valence-electron chi connectivity index (χ4n) is 1.99. The molecule has 0 unspecified atom stereocenters. The van der Waals surface area contributed by atoms with Gasteiger partial charge in [0.25, 0.3) is 11.4 Å². The highest BCUT2D eigenvalue weighted by Crippen LogP contribution is 2.27.